The third-order valence-corrected chi connectivity index (χ3v) is 5.22. The van der Waals surface area contributed by atoms with Gasteiger partial charge in [0.15, 0.2) is 0 Å². The molecular weight excluding hydrogens is 256 g/mol. The molecule has 0 aromatic rings. The Morgan fingerprint density at radius 2 is 1.89 bits per heavy atom. The highest BCUT2D eigenvalue weighted by Crippen LogP contribution is 2.18. The zero-order valence-corrected chi connectivity index (χ0v) is 13.4. The first-order valence-electron chi connectivity index (χ1n) is 7.88. The molecule has 0 saturated carbocycles. The van der Waals surface area contributed by atoms with Crippen LogP contribution in [0.15, 0.2) is 0 Å². The molecule has 2 fully saturated rings. The van der Waals surface area contributed by atoms with Gasteiger partial charge in [0.05, 0.1) is 13.2 Å². The lowest BCUT2D eigenvalue weighted by molar-refractivity contribution is 0.0117. The van der Waals surface area contributed by atoms with Crippen LogP contribution in [0.1, 0.15) is 33.1 Å². The molecule has 112 valence electrons. The van der Waals surface area contributed by atoms with Gasteiger partial charge in [0, 0.05) is 31.7 Å². The highest BCUT2D eigenvalue weighted by Gasteiger charge is 2.23. The third-order valence-electron chi connectivity index (χ3n) is 4.17. The zero-order valence-electron chi connectivity index (χ0n) is 12.6. The maximum atomic E-state index is 5.48. The maximum absolute atomic E-state index is 5.48. The molecular formula is C15H30N2OS. The number of rotatable bonds is 6. The van der Waals surface area contributed by atoms with E-state index in [4.69, 9.17) is 4.74 Å². The summed E-state index contributed by atoms with van der Waals surface area (Å²) in [5.74, 6) is 3.45. The predicted molar refractivity (Wildman–Crippen MR) is 84.0 cm³/mol. The van der Waals surface area contributed by atoms with E-state index in [1.54, 1.807) is 0 Å². The summed E-state index contributed by atoms with van der Waals surface area (Å²) in [4.78, 5) is 2.63. The molecule has 1 unspecified atom stereocenters. The Labute approximate surface area is 122 Å². The minimum absolute atomic E-state index is 0.693. The minimum Gasteiger partial charge on any atom is -0.379 e. The number of thioether (sulfide) groups is 1. The quantitative estimate of drug-likeness (QED) is 0.809. The van der Waals surface area contributed by atoms with E-state index in [9.17, 15) is 0 Å². The Bertz CT molecular complexity index is 238. The summed E-state index contributed by atoms with van der Waals surface area (Å²) in [6.45, 7) is 9.88. The van der Waals surface area contributed by atoms with E-state index in [1.807, 2.05) is 0 Å². The Kier molecular flexibility index (Phi) is 6.99. The van der Waals surface area contributed by atoms with Crippen LogP contribution in [0.4, 0.5) is 0 Å². The molecule has 0 bridgehead atoms. The molecule has 2 rings (SSSR count). The fraction of sp³-hybridized carbons (Fsp3) is 1.00. The second kappa shape index (κ2) is 8.50. The van der Waals surface area contributed by atoms with Crippen molar-refractivity contribution in [3.63, 3.8) is 0 Å². The first kappa shape index (κ1) is 15.6. The van der Waals surface area contributed by atoms with Crippen molar-refractivity contribution in [3.8, 4) is 0 Å². The van der Waals surface area contributed by atoms with E-state index >= 15 is 0 Å². The Morgan fingerprint density at radius 1 is 1.21 bits per heavy atom. The van der Waals surface area contributed by atoms with Gasteiger partial charge in [-0.1, -0.05) is 13.8 Å². The van der Waals surface area contributed by atoms with Gasteiger partial charge < -0.3 is 10.1 Å². The summed E-state index contributed by atoms with van der Waals surface area (Å²) in [6, 6.07) is 1.45. The van der Waals surface area contributed by atoms with Crippen molar-refractivity contribution in [2.24, 2.45) is 5.92 Å². The molecule has 2 heterocycles. The molecule has 1 atom stereocenters. The van der Waals surface area contributed by atoms with Crippen molar-refractivity contribution >= 4 is 11.8 Å². The molecule has 0 amide bonds. The van der Waals surface area contributed by atoms with E-state index in [0.29, 0.717) is 6.04 Å². The van der Waals surface area contributed by atoms with Crippen molar-refractivity contribution in [3.05, 3.63) is 0 Å². The highest BCUT2D eigenvalue weighted by atomic mass is 32.2. The van der Waals surface area contributed by atoms with Crippen molar-refractivity contribution in [2.75, 3.05) is 44.4 Å². The van der Waals surface area contributed by atoms with Gasteiger partial charge in [0.2, 0.25) is 0 Å². The maximum Gasteiger partial charge on any atom is 0.0594 e. The number of nitrogens with one attached hydrogen (secondary N) is 1. The molecule has 2 aliphatic rings. The van der Waals surface area contributed by atoms with Gasteiger partial charge in [-0.3, -0.25) is 4.90 Å². The molecule has 19 heavy (non-hydrogen) atoms. The fourth-order valence-corrected chi connectivity index (χ4v) is 4.16. The number of ether oxygens (including phenoxy) is 1. The average Bonchev–Trinajstić information content (AvgIpc) is 2.45. The van der Waals surface area contributed by atoms with Crippen LogP contribution in [-0.2, 0) is 4.74 Å². The average molecular weight is 286 g/mol. The minimum atomic E-state index is 0.693. The van der Waals surface area contributed by atoms with E-state index in [-0.39, 0.29) is 0 Å². The van der Waals surface area contributed by atoms with Crippen LogP contribution >= 0.6 is 11.8 Å². The molecule has 2 aliphatic heterocycles. The normalized spacial score (nSPS) is 24.8. The number of nitrogens with zero attached hydrogens (tertiary/aromatic N) is 1. The summed E-state index contributed by atoms with van der Waals surface area (Å²) in [6.07, 6.45) is 4.00. The summed E-state index contributed by atoms with van der Waals surface area (Å²) in [7, 11) is 0. The van der Waals surface area contributed by atoms with E-state index < -0.39 is 0 Å². The van der Waals surface area contributed by atoms with Crippen molar-refractivity contribution in [1.82, 2.24) is 10.2 Å². The molecule has 0 aromatic carbocycles. The van der Waals surface area contributed by atoms with Crippen molar-refractivity contribution in [2.45, 2.75) is 45.2 Å². The van der Waals surface area contributed by atoms with Crippen LogP contribution in [0.3, 0.4) is 0 Å². The van der Waals surface area contributed by atoms with Crippen molar-refractivity contribution < 1.29 is 4.74 Å². The Balaban J connectivity index is 1.78. The lowest BCUT2D eigenvalue weighted by atomic mass is 10.0. The Hall–Kier alpha value is 0.230. The largest absolute Gasteiger partial charge is 0.379 e. The Morgan fingerprint density at radius 3 is 2.53 bits per heavy atom. The summed E-state index contributed by atoms with van der Waals surface area (Å²) < 4.78 is 5.48. The smallest absolute Gasteiger partial charge is 0.0594 e. The van der Waals surface area contributed by atoms with Crippen LogP contribution in [0.5, 0.6) is 0 Å². The predicted octanol–water partition coefficient (Wildman–Crippen LogP) is 2.22. The molecule has 2 saturated heterocycles. The van der Waals surface area contributed by atoms with Gasteiger partial charge in [0.25, 0.3) is 0 Å². The molecule has 0 spiro atoms. The summed E-state index contributed by atoms with van der Waals surface area (Å²) in [5, 5.41) is 3.83. The van der Waals surface area contributed by atoms with Gasteiger partial charge in [-0.05, 0) is 36.7 Å². The highest BCUT2D eigenvalue weighted by molar-refractivity contribution is 7.99. The van der Waals surface area contributed by atoms with Gasteiger partial charge in [-0.25, -0.2) is 0 Å². The third kappa shape index (κ3) is 5.62. The monoisotopic (exact) mass is 286 g/mol. The lowest BCUT2D eigenvalue weighted by Gasteiger charge is -2.37. The summed E-state index contributed by atoms with van der Waals surface area (Å²) >= 11 is 2.10. The topological polar surface area (TPSA) is 24.5 Å². The molecule has 4 heteroatoms. The van der Waals surface area contributed by atoms with Crippen LogP contribution in [0, 0.1) is 5.92 Å². The fourth-order valence-electron chi connectivity index (χ4n) is 3.05. The van der Waals surface area contributed by atoms with Crippen LogP contribution < -0.4 is 5.32 Å². The second-order valence-electron chi connectivity index (χ2n) is 6.23. The number of morpholine rings is 1. The first-order chi connectivity index (χ1) is 9.25. The van der Waals surface area contributed by atoms with E-state index in [0.717, 1.165) is 44.8 Å². The molecule has 3 nitrogen and oxygen atoms in total. The molecule has 0 aliphatic carbocycles. The lowest BCUT2D eigenvalue weighted by Crippen LogP contribution is -2.50. The van der Waals surface area contributed by atoms with Crippen LogP contribution in [0.2, 0.25) is 0 Å². The SMILES string of the molecule is CC(C)CC(CNC1CCSCC1)N1CCOCC1. The van der Waals surface area contributed by atoms with E-state index in [1.165, 1.54) is 30.8 Å². The zero-order chi connectivity index (χ0) is 13.5. The number of hydrogen-bond acceptors (Lipinski definition) is 4. The molecule has 1 N–H and O–H groups in total. The van der Waals surface area contributed by atoms with Gasteiger partial charge in [-0.15, -0.1) is 0 Å². The standard InChI is InChI=1S/C15H30N2OS/c1-13(2)11-15(17-5-7-18-8-6-17)12-16-14-3-9-19-10-4-14/h13-16H,3-12H2,1-2H3. The second-order valence-corrected chi connectivity index (χ2v) is 7.45. The van der Waals surface area contributed by atoms with Crippen LogP contribution in [0.25, 0.3) is 0 Å². The van der Waals surface area contributed by atoms with Crippen molar-refractivity contribution in [1.29, 1.82) is 0 Å². The number of hydrogen-bond donors (Lipinski definition) is 1. The van der Waals surface area contributed by atoms with Crippen LogP contribution in [-0.4, -0.2) is 61.3 Å². The van der Waals surface area contributed by atoms with Gasteiger partial charge >= 0.3 is 0 Å². The van der Waals surface area contributed by atoms with E-state index in [2.05, 4.69) is 35.8 Å². The van der Waals surface area contributed by atoms with Gasteiger partial charge in [-0.2, -0.15) is 11.8 Å². The molecule has 0 radical (unpaired) electrons. The first-order valence-corrected chi connectivity index (χ1v) is 9.04. The van der Waals surface area contributed by atoms with Gasteiger partial charge in [0.1, 0.15) is 0 Å². The molecule has 0 aromatic heterocycles. The summed E-state index contributed by atoms with van der Waals surface area (Å²) in [5.41, 5.74) is 0.